The highest BCUT2D eigenvalue weighted by Crippen LogP contribution is 2.25. The van der Waals surface area contributed by atoms with Crippen LogP contribution in [0.3, 0.4) is 0 Å². The Morgan fingerprint density at radius 1 is 1.21 bits per heavy atom. The van der Waals surface area contributed by atoms with Crippen LogP contribution in [0.4, 0.5) is 0 Å². The van der Waals surface area contributed by atoms with Gasteiger partial charge >= 0.3 is 0 Å². The third-order valence-electron chi connectivity index (χ3n) is 4.39. The van der Waals surface area contributed by atoms with Gasteiger partial charge in [0.25, 0.3) is 0 Å². The van der Waals surface area contributed by atoms with Crippen LogP contribution in [-0.4, -0.2) is 50.2 Å². The lowest BCUT2D eigenvalue weighted by molar-refractivity contribution is -0.125. The van der Waals surface area contributed by atoms with Crippen LogP contribution in [0.25, 0.3) is 0 Å². The smallest absolute Gasteiger partial charge is 0.246 e. The first-order valence-electron chi connectivity index (χ1n) is 7.78. The number of likely N-dealkylation sites (tertiary alicyclic amines) is 1. The summed E-state index contributed by atoms with van der Waals surface area (Å²) in [5.41, 5.74) is 0. The number of ether oxygens (including phenoxy) is 1. The van der Waals surface area contributed by atoms with Gasteiger partial charge in [-0.2, -0.15) is 0 Å². The summed E-state index contributed by atoms with van der Waals surface area (Å²) in [7, 11) is 1.57. The molecule has 4 heteroatoms. The lowest BCUT2D eigenvalue weighted by Gasteiger charge is -2.36. The Labute approximate surface area is 116 Å². The van der Waals surface area contributed by atoms with Gasteiger partial charge in [-0.3, -0.25) is 4.79 Å². The Balaban J connectivity index is 1.71. The zero-order valence-corrected chi connectivity index (χ0v) is 12.2. The molecule has 1 saturated heterocycles. The van der Waals surface area contributed by atoms with E-state index in [1.807, 2.05) is 0 Å². The van der Waals surface area contributed by atoms with Crippen LogP contribution in [0, 0.1) is 5.92 Å². The quantitative estimate of drug-likeness (QED) is 0.826. The monoisotopic (exact) mass is 268 g/mol. The molecule has 0 spiro atoms. The number of hydrogen-bond acceptors (Lipinski definition) is 3. The van der Waals surface area contributed by atoms with Crippen molar-refractivity contribution in [2.45, 2.75) is 51.0 Å². The van der Waals surface area contributed by atoms with Gasteiger partial charge in [-0.1, -0.05) is 19.3 Å². The third-order valence-corrected chi connectivity index (χ3v) is 4.39. The largest absolute Gasteiger partial charge is 0.375 e. The van der Waals surface area contributed by atoms with Crippen molar-refractivity contribution in [3.05, 3.63) is 0 Å². The van der Waals surface area contributed by atoms with Gasteiger partial charge in [0.2, 0.25) is 5.91 Å². The van der Waals surface area contributed by atoms with E-state index in [0.717, 1.165) is 18.9 Å². The van der Waals surface area contributed by atoms with E-state index in [4.69, 9.17) is 4.74 Å². The van der Waals surface area contributed by atoms with Gasteiger partial charge in [0.1, 0.15) is 6.61 Å². The number of rotatable bonds is 5. The first-order chi connectivity index (χ1) is 9.28. The number of nitrogens with one attached hydrogen (secondary N) is 1. The van der Waals surface area contributed by atoms with E-state index in [2.05, 4.69) is 10.2 Å². The summed E-state index contributed by atoms with van der Waals surface area (Å²) >= 11 is 0. The number of carbonyl (C=O) groups is 1. The summed E-state index contributed by atoms with van der Waals surface area (Å²) in [6.07, 6.45) is 9.35. The Kier molecular flexibility index (Phi) is 6.11. The van der Waals surface area contributed by atoms with E-state index < -0.39 is 0 Å². The highest BCUT2D eigenvalue weighted by Gasteiger charge is 2.24. The molecule has 110 valence electrons. The van der Waals surface area contributed by atoms with Crippen LogP contribution >= 0.6 is 0 Å². The second-order valence-corrected chi connectivity index (χ2v) is 6.10. The fraction of sp³-hybridized carbons (Fsp3) is 0.933. The zero-order chi connectivity index (χ0) is 13.5. The van der Waals surface area contributed by atoms with Crippen molar-refractivity contribution in [2.75, 3.05) is 33.4 Å². The number of methoxy groups -OCH3 is 1. The van der Waals surface area contributed by atoms with E-state index in [1.54, 1.807) is 7.11 Å². The molecule has 0 aromatic rings. The molecule has 4 nitrogen and oxygen atoms in total. The van der Waals surface area contributed by atoms with Gasteiger partial charge < -0.3 is 15.0 Å². The molecule has 2 rings (SSSR count). The average Bonchev–Trinajstić information content (AvgIpc) is 2.40. The predicted octanol–water partition coefficient (Wildman–Crippen LogP) is 1.79. The van der Waals surface area contributed by atoms with Gasteiger partial charge in [0.15, 0.2) is 0 Å². The average molecular weight is 268 g/mol. The van der Waals surface area contributed by atoms with Gasteiger partial charge in [-0.05, 0) is 38.1 Å². The maximum atomic E-state index is 11.6. The minimum absolute atomic E-state index is 0.0204. The standard InChI is InChI=1S/C15H28N2O2/c1-19-12-15(18)16-14-8-5-9-17(11-14)10-13-6-3-2-4-7-13/h13-14H,2-12H2,1H3,(H,16,18). The molecule has 1 amide bonds. The lowest BCUT2D eigenvalue weighted by Crippen LogP contribution is -2.49. The molecular weight excluding hydrogens is 240 g/mol. The maximum absolute atomic E-state index is 11.6. The van der Waals surface area contributed by atoms with Crippen LogP contribution in [0.5, 0.6) is 0 Å². The van der Waals surface area contributed by atoms with E-state index in [1.165, 1.54) is 51.6 Å². The highest BCUT2D eigenvalue weighted by atomic mass is 16.5. The van der Waals surface area contributed by atoms with Gasteiger partial charge in [0.05, 0.1) is 0 Å². The summed E-state index contributed by atoms with van der Waals surface area (Å²) in [6.45, 7) is 3.63. The normalized spacial score (nSPS) is 26.3. The fourth-order valence-electron chi connectivity index (χ4n) is 3.47. The van der Waals surface area contributed by atoms with E-state index >= 15 is 0 Å². The highest BCUT2D eigenvalue weighted by molar-refractivity contribution is 5.77. The van der Waals surface area contributed by atoms with Crippen LogP contribution in [-0.2, 0) is 9.53 Å². The molecular formula is C15H28N2O2. The molecule has 1 aliphatic carbocycles. The second-order valence-electron chi connectivity index (χ2n) is 6.10. The maximum Gasteiger partial charge on any atom is 0.246 e. The number of carbonyl (C=O) groups excluding carboxylic acids is 1. The third kappa shape index (κ3) is 5.11. The predicted molar refractivity (Wildman–Crippen MR) is 76.1 cm³/mol. The topological polar surface area (TPSA) is 41.6 Å². The molecule has 0 radical (unpaired) electrons. The van der Waals surface area contributed by atoms with Crippen molar-refractivity contribution in [1.82, 2.24) is 10.2 Å². The molecule has 0 aromatic heterocycles. The minimum Gasteiger partial charge on any atom is -0.375 e. The summed E-state index contributed by atoms with van der Waals surface area (Å²) in [6, 6.07) is 0.319. The SMILES string of the molecule is COCC(=O)NC1CCCN(CC2CCCCC2)C1. The molecule has 19 heavy (non-hydrogen) atoms. The van der Waals surface area contributed by atoms with E-state index in [-0.39, 0.29) is 12.5 Å². The van der Waals surface area contributed by atoms with Crippen LogP contribution in [0.15, 0.2) is 0 Å². The number of amides is 1. The lowest BCUT2D eigenvalue weighted by atomic mass is 9.88. The molecule has 1 aliphatic heterocycles. The Morgan fingerprint density at radius 3 is 2.74 bits per heavy atom. The molecule has 2 fully saturated rings. The number of nitrogens with zero attached hydrogens (tertiary/aromatic N) is 1. The fourth-order valence-corrected chi connectivity index (χ4v) is 3.47. The van der Waals surface area contributed by atoms with Crippen molar-refractivity contribution in [3.8, 4) is 0 Å². The Hall–Kier alpha value is -0.610. The summed E-state index contributed by atoms with van der Waals surface area (Å²) in [5.74, 6) is 0.911. The molecule has 1 atom stereocenters. The number of hydrogen-bond donors (Lipinski definition) is 1. The van der Waals surface area contributed by atoms with Crippen LogP contribution < -0.4 is 5.32 Å². The van der Waals surface area contributed by atoms with Gasteiger partial charge in [0, 0.05) is 26.2 Å². The van der Waals surface area contributed by atoms with Crippen molar-refractivity contribution < 1.29 is 9.53 Å². The molecule has 0 bridgehead atoms. The second kappa shape index (κ2) is 7.85. The zero-order valence-electron chi connectivity index (χ0n) is 12.2. The van der Waals surface area contributed by atoms with Crippen molar-refractivity contribution in [2.24, 2.45) is 5.92 Å². The first kappa shape index (κ1) is 14.8. The van der Waals surface area contributed by atoms with Crippen molar-refractivity contribution in [1.29, 1.82) is 0 Å². The van der Waals surface area contributed by atoms with Gasteiger partial charge in [-0.25, -0.2) is 0 Å². The molecule has 1 heterocycles. The molecule has 1 saturated carbocycles. The first-order valence-corrected chi connectivity index (χ1v) is 7.78. The van der Waals surface area contributed by atoms with Crippen LogP contribution in [0.2, 0.25) is 0 Å². The van der Waals surface area contributed by atoms with E-state index in [0.29, 0.717) is 6.04 Å². The molecule has 1 N–H and O–H groups in total. The van der Waals surface area contributed by atoms with Crippen molar-refractivity contribution in [3.63, 3.8) is 0 Å². The van der Waals surface area contributed by atoms with Crippen molar-refractivity contribution >= 4 is 5.91 Å². The van der Waals surface area contributed by atoms with E-state index in [9.17, 15) is 4.79 Å². The minimum atomic E-state index is 0.0204. The summed E-state index contributed by atoms with van der Waals surface area (Å²) in [5, 5.41) is 3.08. The number of piperidine rings is 1. The Bertz CT molecular complexity index is 277. The molecule has 1 unspecified atom stereocenters. The summed E-state index contributed by atoms with van der Waals surface area (Å²) in [4.78, 5) is 14.1. The van der Waals surface area contributed by atoms with Gasteiger partial charge in [-0.15, -0.1) is 0 Å². The summed E-state index contributed by atoms with van der Waals surface area (Å²) < 4.78 is 4.87. The molecule has 0 aromatic carbocycles. The Morgan fingerprint density at radius 2 is 2.00 bits per heavy atom. The molecule has 2 aliphatic rings. The van der Waals surface area contributed by atoms with Crippen LogP contribution in [0.1, 0.15) is 44.9 Å².